The number of allylic oxidation sites excluding steroid dienone is 12. The summed E-state index contributed by atoms with van der Waals surface area (Å²) in [7, 11) is 0. The van der Waals surface area contributed by atoms with Crippen molar-refractivity contribution < 1.29 is 0 Å². The van der Waals surface area contributed by atoms with Gasteiger partial charge in [0.2, 0.25) is 0 Å². The molecule has 0 radical (unpaired) electrons. The average molecular weight is 497 g/mol. The Hall–Kier alpha value is -4.10. The molecule has 0 nitrogen and oxygen atoms in total. The molecule has 0 N–H and O–H groups in total. The molecule has 0 bridgehead atoms. The molecule has 0 aliphatic heterocycles. The van der Waals surface area contributed by atoms with Gasteiger partial charge >= 0.3 is 0 Å². The summed E-state index contributed by atoms with van der Waals surface area (Å²) in [5.41, 5.74) is 56.5. The Morgan fingerprint density at radius 2 is 0.750 bits per heavy atom. The molecule has 0 heterocycles. The Labute approximate surface area is 229 Å². The normalized spacial score (nSPS) is 52.4. The smallest absolute Gasteiger partial charge is 0.0187 e. The van der Waals surface area contributed by atoms with E-state index in [9.17, 15) is 0 Å². The number of benzene rings is 1. The lowest BCUT2D eigenvalue weighted by atomic mass is 9.50. The van der Waals surface area contributed by atoms with E-state index < -0.39 is 0 Å². The predicted octanol–water partition coefficient (Wildman–Crippen LogP) is 6.39. The van der Waals surface area contributed by atoms with Crippen LogP contribution in [0.15, 0.2) is 114 Å². The van der Waals surface area contributed by atoms with Crippen molar-refractivity contribution in [3.8, 4) is 0 Å². The van der Waals surface area contributed by atoms with Gasteiger partial charge in [-0.15, -0.1) is 0 Å². The first kappa shape index (κ1) is 16.9. The van der Waals surface area contributed by atoms with Crippen molar-refractivity contribution in [1.82, 2.24) is 0 Å². The van der Waals surface area contributed by atoms with Crippen molar-refractivity contribution in [3.05, 3.63) is 136 Å². The molecule has 0 amide bonds. The summed E-state index contributed by atoms with van der Waals surface area (Å²) in [5, 5.41) is 0. The molecule has 0 saturated heterocycles. The summed E-state index contributed by atoms with van der Waals surface area (Å²) in [6.45, 7) is 0. The fourth-order valence-corrected chi connectivity index (χ4v) is 15.2. The van der Waals surface area contributed by atoms with E-state index in [2.05, 4.69) is 58.0 Å². The topological polar surface area (TPSA) is 0 Å². The number of hydrogen-bond acceptors (Lipinski definition) is 0. The van der Waals surface area contributed by atoms with Crippen LogP contribution in [0, 0.1) is 71.0 Å². The largest absolute Gasteiger partial charge is 0.0654 e. The number of rotatable bonds is 0. The van der Waals surface area contributed by atoms with Crippen molar-refractivity contribution in [1.29, 1.82) is 0 Å². The third-order valence-corrected chi connectivity index (χ3v) is 15.3. The summed E-state index contributed by atoms with van der Waals surface area (Å²) >= 11 is 0. The second kappa shape index (κ2) is 4.36. The van der Waals surface area contributed by atoms with Gasteiger partial charge in [-0.2, -0.15) is 0 Å². The average Bonchev–Trinajstić information content (AvgIpc) is 3.79. The minimum atomic E-state index is 0.538. The van der Waals surface area contributed by atoms with Crippen molar-refractivity contribution in [3.63, 3.8) is 0 Å². The highest BCUT2D eigenvalue weighted by molar-refractivity contribution is 5.92. The van der Waals surface area contributed by atoms with Crippen LogP contribution in [0.1, 0.15) is 34.1 Å². The molecule has 15 aliphatic rings. The Morgan fingerprint density at radius 1 is 0.325 bits per heavy atom. The maximum atomic E-state index is 3.85. The zero-order valence-corrected chi connectivity index (χ0v) is 21.2. The third-order valence-electron chi connectivity index (χ3n) is 15.3. The standard InChI is InChI=1S/C40H16/c1-2-12-14-5-6-16-18-9-10-20-19-8-7-17-15-4-3-13-11(1)21-22(12)32-24(14)26(16)34-29(18)30(20)35-28(19)27(17)33-25(15)23(13)31(21)36-37(32)39(34)40(35)38(33)36/h1-2,23-36H/t23?,24?,25?,26?,27?,28?,29?,30?,31?,32?,33?,34?,35?,36-/m0/s1. The lowest BCUT2D eigenvalue weighted by Crippen LogP contribution is -2.46. The van der Waals surface area contributed by atoms with Gasteiger partial charge < -0.3 is 0 Å². The third kappa shape index (κ3) is 1.12. The van der Waals surface area contributed by atoms with Crippen LogP contribution in [-0.2, 0) is 0 Å². The molecule has 5 saturated carbocycles. The maximum Gasteiger partial charge on any atom is 0.0187 e. The van der Waals surface area contributed by atoms with Gasteiger partial charge in [0, 0.05) is 122 Å². The van der Waals surface area contributed by atoms with Crippen molar-refractivity contribution in [2.24, 2.45) is 71.0 Å². The first-order valence-corrected chi connectivity index (χ1v) is 15.6. The highest BCUT2D eigenvalue weighted by Crippen LogP contribution is 2.86. The zero-order valence-electron chi connectivity index (χ0n) is 21.2. The molecular formula is C40H16. The van der Waals surface area contributed by atoms with Gasteiger partial charge in [-0.1, -0.05) is 69.1 Å². The summed E-state index contributed by atoms with van der Waals surface area (Å²) in [6.07, 6.45) is 0. The number of hydrogen-bond donors (Lipinski definition) is 0. The molecule has 176 valence electrons. The fourth-order valence-electron chi connectivity index (χ4n) is 15.2. The summed E-state index contributed by atoms with van der Waals surface area (Å²) < 4.78 is 0. The van der Waals surface area contributed by atoms with Crippen LogP contribution in [-0.4, -0.2) is 0 Å². The predicted molar refractivity (Wildman–Crippen MR) is 144 cm³/mol. The van der Waals surface area contributed by atoms with Gasteiger partial charge in [-0.3, -0.25) is 0 Å². The van der Waals surface area contributed by atoms with Crippen LogP contribution >= 0.6 is 0 Å². The van der Waals surface area contributed by atoms with E-state index in [1.165, 1.54) is 55.7 Å². The summed E-state index contributed by atoms with van der Waals surface area (Å²) in [6, 6.07) is 4.97. The minimum Gasteiger partial charge on any atom is -0.0654 e. The lowest BCUT2D eigenvalue weighted by Gasteiger charge is -2.52. The van der Waals surface area contributed by atoms with Crippen LogP contribution in [0.25, 0.3) is 11.1 Å². The van der Waals surface area contributed by atoms with Crippen molar-refractivity contribution in [2.75, 3.05) is 0 Å². The maximum absolute atomic E-state index is 3.85. The molecule has 0 spiro atoms. The molecular weight excluding hydrogens is 480 g/mol. The van der Waals surface area contributed by atoms with Crippen LogP contribution < -0.4 is 0 Å². The lowest BCUT2D eigenvalue weighted by molar-refractivity contribution is 0.136. The second-order valence-corrected chi connectivity index (χ2v) is 15.3. The molecule has 14 atom stereocenters. The van der Waals surface area contributed by atoms with Crippen LogP contribution in [0.4, 0.5) is 0 Å². The van der Waals surface area contributed by atoms with Gasteiger partial charge in [0.15, 0.2) is 0 Å². The molecule has 13 unspecified atom stereocenters. The van der Waals surface area contributed by atoms with E-state index in [4.69, 9.17) is 0 Å². The van der Waals surface area contributed by atoms with Gasteiger partial charge in [0.05, 0.1) is 0 Å². The van der Waals surface area contributed by atoms with E-state index in [-0.39, 0.29) is 0 Å². The first-order chi connectivity index (χ1) is 19.9. The number of fused-ring (bicyclic) bond motifs is 5. The fraction of sp³-hybridized carbons (Fsp3) is 0.350. The Bertz CT molecular complexity index is 2490. The van der Waals surface area contributed by atoms with Gasteiger partial charge in [-0.05, 0) is 39.3 Å². The van der Waals surface area contributed by atoms with E-state index >= 15 is 0 Å². The second-order valence-electron chi connectivity index (χ2n) is 15.3. The Morgan fingerprint density at radius 3 is 1.35 bits per heavy atom. The van der Waals surface area contributed by atoms with Gasteiger partial charge in [-0.25, -0.2) is 0 Å². The molecule has 15 aliphatic carbocycles. The van der Waals surface area contributed by atoms with E-state index in [1.54, 1.807) is 11.1 Å². The summed E-state index contributed by atoms with van der Waals surface area (Å²) in [5.74, 6) is 7.90. The molecule has 16 rings (SSSR count). The SMILES string of the molecule is C1=C=C2C3=C=C=C4C5=C=C=C6C7=C=C=C8c9ccc%10c%11c9C9C8C7C7C8=C%12C%13=C(C%11C(C=1%10)C2C%13C3C4C%12C5C67)[C@@H]89. The van der Waals surface area contributed by atoms with E-state index in [1.807, 2.05) is 22.3 Å². The molecule has 0 aromatic heterocycles. The van der Waals surface area contributed by atoms with Crippen molar-refractivity contribution >= 4 is 11.1 Å². The van der Waals surface area contributed by atoms with Crippen LogP contribution in [0.5, 0.6) is 0 Å². The molecule has 5 fully saturated rings. The van der Waals surface area contributed by atoms with Crippen molar-refractivity contribution in [2.45, 2.75) is 11.8 Å². The molecule has 1 aromatic rings. The van der Waals surface area contributed by atoms with Gasteiger partial charge in [0.1, 0.15) is 0 Å². The van der Waals surface area contributed by atoms with E-state index in [0.29, 0.717) is 82.9 Å². The first-order valence-electron chi connectivity index (χ1n) is 15.6. The molecule has 0 heteroatoms. The zero-order chi connectivity index (χ0) is 24.4. The Balaban J connectivity index is 1.28. The van der Waals surface area contributed by atoms with Gasteiger partial charge in [0.25, 0.3) is 0 Å². The highest BCUT2D eigenvalue weighted by Gasteiger charge is 2.78. The minimum absolute atomic E-state index is 0.538. The van der Waals surface area contributed by atoms with Crippen LogP contribution in [0.2, 0.25) is 0 Å². The quantitative estimate of drug-likeness (QED) is 0.366. The highest BCUT2D eigenvalue weighted by atomic mass is 14.8. The van der Waals surface area contributed by atoms with Crippen LogP contribution in [0.3, 0.4) is 0 Å². The Kier molecular flexibility index (Phi) is 1.84. The summed E-state index contributed by atoms with van der Waals surface area (Å²) in [4.78, 5) is 0. The van der Waals surface area contributed by atoms with E-state index in [0.717, 1.165) is 0 Å². The monoisotopic (exact) mass is 496 g/mol. The molecule has 1 aromatic carbocycles. The molecule has 40 heavy (non-hydrogen) atoms.